The summed E-state index contributed by atoms with van der Waals surface area (Å²) in [7, 11) is 0. The molecule has 3 N–H and O–H groups in total. The highest BCUT2D eigenvalue weighted by Crippen LogP contribution is 2.20. The van der Waals surface area contributed by atoms with Gasteiger partial charge >= 0.3 is 5.97 Å². The van der Waals surface area contributed by atoms with Gasteiger partial charge in [-0.2, -0.15) is 0 Å². The number of nitrogens with zero attached hydrogens (tertiary/aromatic N) is 4. The number of rotatable bonds is 6. The van der Waals surface area contributed by atoms with E-state index in [1.165, 1.54) is 12.8 Å². The third kappa shape index (κ3) is 3.60. The number of carboxylic acids is 1. The van der Waals surface area contributed by atoms with Crippen LogP contribution in [0.25, 0.3) is 0 Å². The Hall–Kier alpha value is -1.28. The second-order valence-corrected chi connectivity index (χ2v) is 5.67. The molecule has 0 amide bonds. The Bertz CT molecular complexity index is 444. The number of nitrogen functional groups attached to an aromatic ring is 1. The maximum Gasteiger partial charge on any atom is 0.313 e. The molecule has 1 saturated heterocycles. The molecule has 1 aromatic heterocycles. The van der Waals surface area contributed by atoms with E-state index in [1.54, 1.807) is 4.57 Å². The van der Waals surface area contributed by atoms with Gasteiger partial charge in [-0.25, -0.2) is 0 Å². The first-order chi connectivity index (χ1) is 9.08. The van der Waals surface area contributed by atoms with E-state index in [9.17, 15) is 4.79 Å². The average molecular weight is 285 g/mol. The van der Waals surface area contributed by atoms with Crippen LogP contribution in [0, 0.1) is 0 Å². The van der Waals surface area contributed by atoms with E-state index in [2.05, 4.69) is 22.0 Å². The molecule has 1 fully saturated rings. The summed E-state index contributed by atoms with van der Waals surface area (Å²) in [5.41, 5.74) is 5.80. The fraction of sp³-hybridized carbons (Fsp3) is 0.727. The number of carbonyl (C=O) groups is 1. The Kier molecular flexibility index (Phi) is 4.65. The quantitative estimate of drug-likeness (QED) is 0.735. The molecule has 0 spiro atoms. The van der Waals surface area contributed by atoms with E-state index in [-0.39, 0.29) is 5.75 Å². The van der Waals surface area contributed by atoms with E-state index >= 15 is 0 Å². The van der Waals surface area contributed by atoms with Crippen LogP contribution in [0.15, 0.2) is 5.16 Å². The first-order valence-corrected chi connectivity index (χ1v) is 7.34. The molecule has 0 bridgehead atoms. The molecule has 1 atom stereocenters. The highest BCUT2D eigenvalue weighted by molar-refractivity contribution is 7.99. The van der Waals surface area contributed by atoms with Crippen LogP contribution in [0.5, 0.6) is 0 Å². The van der Waals surface area contributed by atoms with Gasteiger partial charge in [-0.15, -0.1) is 10.2 Å². The summed E-state index contributed by atoms with van der Waals surface area (Å²) in [5.74, 6) is -0.555. The lowest BCUT2D eigenvalue weighted by Crippen LogP contribution is -2.34. The molecular weight excluding hydrogens is 266 g/mol. The standard InChI is InChI=1S/C11H19N5O2S/c1-8(15-4-2-3-5-15)6-16-10(12)13-14-11(16)19-7-9(17)18/h8H,2-7H2,1H3,(H2,12,13)(H,17,18). The van der Waals surface area contributed by atoms with Crippen molar-refractivity contribution in [2.45, 2.75) is 37.5 Å². The highest BCUT2D eigenvalue weighted by Gasteiger charge is 2.21. The van der Waals surface area contributed by atoms with Crippen LogP contribution < -0.4 is 5.73 Å². The van der Waals surface area contributed by atoms with Crippen LogP contribution in [-0.2, 0) is 11.3 Å². The molecule has 106 valence electrons. The van der Waals surface area contributed by atoms with Crippen LogP contribution in [0.3, 0.4) is 0 Å². The first-order valence-electron chi connectivity index (χ1n) is 6.35. The van der Waals surface area contributed by atoms with Crippen LogP contribution >= 0.6 is 11.8 Å². The number of nitrogens with two attached hydrogens (primary N) is 1. The molecule has 19 heavy (non-hydrogen) atoms. The molecule has 8 heteroatoms. The second kappa shape index (κ2) is 6.25. The van der Waals surface area contributed by atoms with Crippen LogP contribution in [-0.4, -0.2) is 55.6 Å². The van der Waals surface area contributed by atoms with E-state index in [0.717, 1.165) is 24.9 Å². The number of aromatic nitrogens is 3. The normalized spacial score (nSPS) is 17.7. The lowest BCUT2D eigenvalue weighted by molar-refractivity contribution is -0.133. The van der Waals surface area contributed by atoms with Gasteiger partial charge in [0.1, 0.15) is 0 Å². The van der Waals surface area contributed by atoms with Crippen molar-refractivity contribution in [1.82, 2.24) is 19.7 Å². The molecule has 1 aliphatic heterocycles. The summed E-state index contributed by atoms with van der Waals surface area (Å²) in [5, 5.41) is 17.1. The molecule has 0 aromatic carbocycles. The van der Waals surface area contributed by atoms with E-state index in [4.69, 9.17) is 10.8 Å². The Labute approximate surface area is 116 Å². The SMILES string of the molecule is CC(Cn1c(N)nnc1SCC(=O)O)N1CCCC1. The Morgan fingerprint density at radius 3 is 2.79 bits per heavy atom. The van der Waals surface area contributed by atoms with Crippen molar-refractivity contribution in [1.29, 1.82) is 0 Å². The van der Waals surface area contributed by atoms with Gasteiger partial charge in [0.05, 0.1) is 5.75 Å². The van der Waals surface area contributed by atoms with Crippen LogP contribution in [0.4, 0.5) is 5.95 Å². The van der Waals surface area contributed by atoms with Gasteiger partial charge < -0.3 is 10.8 Å². The van der Waals surface area contributed by atoms with Gasteiger partial charge in [0.2, 0.25) is 5.95 Å². The maximum absolute atomic E-state index is 10.6. The van der Waals surface area contributed by atoms with Crippen LogP contribution in [0.2, 0.25) is 0 Å². The third-order valence-electron chi connectivity index (χ3n) is 3.28. The lowest BCUT2D eigenvalue weighted by Gasteiger charge is -2.24. The van der Waals surface area contributed by atoms with Crippen molar-refractivity contribution in [2.75, 3.05) is 24.6 Å². The molecule has 2 heterocycles. The van der Waals surface area contributed by atoms with E-state index in [1.807, 2.05) is 0 Å². The summed E-state index contributed by atoms with van der Waals surface area (Å²) in [6.07, 6.45) is 2.48. The van der Waals surface area contributed by atoms with Crippen molar-refractivity contribution in [2.24, 2.45) is 0 Å². The van der Waals surface area contributed by atoms with Crippen molar-refractivity contribution < 1.29 is 9.90 Å². The Balaban J connectivity index is 2.01. The number of aliphatic carboxylic acids is 1. The number of thioether (sulfide) groups is 1. The zero-order valence-electron chi connectivity index (χ0n) is 10.9. The predicted octanol–water partition coefficient (Wildman–Crippen LogP) is 0.521. The number of carboxylic acid groups (broad SMARTS) is 1. The zero-order valence-corrected chi connectivity index (χ0v) is 11.8. The minimum absolute atomic E-state index is 0.0315. The summed E-state index contributed by atoms with van der Waals surface area (Å²) >= 11 is 1.15. The second-order valence-electron chi connectivity index (χ2n) is 4.73. The topological polar surface area (TPSA) is 97.3 Å². The van der Waals surface area contributed by atoms with Crippen molar-refractivity contribution in [3.8, 4) is 0 Å². The fourth-order valence-electron chi connectivity index (χ4n) is 2.27. The van der Waals surface area contributed by atoms with E-state index < -0.39 is 5.97 Å². The summed E-state index contributed by atoms with van der Waals surface area (Å²) in [6, 6.07) is 0.352. The maximum atomic E-state index is 10.6. The summed E-state index contributed by atoms with van der Waals surface area (Å²) in [4.78, 5) is 13.0. The number of hydrogen-bond acceptors (Lipinski definition) is 6. The average Bonchev–Trinajstić information content (AvgIpc) is 2.99. The molecule has 0 radical (unpaired) electrons. The number of anilines is 1. The van der Waals surface area contributed by atoms with Gasteiger partial charge in [0.25, 0.3) is 0 Å². The lowest BCUT2D eigenvalue weighted by atomic mass is 10.3. The minimum atomic E-state index is -0.870. The van der Waals surface area contributed by atoms with Gasteiger partial charge in [-0.05, 0) is 32.9 Å². The largest absolute Gasteiger partial charge is 0.481 e. The van der Waals surface area contributed by atoms with Gasteiger partial charge in [-0.1, -0.05) is 11.8 Å². The molecule has 1 aliphatic rings. The van der Waals surface area contributed by atoms with Gasteiger partial charge in [0, 0.05) is 12.6 Å². The van der Waals surface area contributed by atoms with E-state index in [0.29, 0.717) is 23.7 Å². The molecule has 1 unspecified atom stereocenters. The van der Waals surface area contributed by atoms with Crippen molar-refractivity contribution in [3.05, 3.63) is 0 Å². The monoisotopic (exact) mass is 285 g/mol. The van der Waals surface area contributed by atoms with Crippen molar-refractivity contribution in [3.63, 3.8) is 0 Å². The molecule has 0 aliphatic carbocycles. The third-order valence-corrected chi connectivity index (χ3v) is 4.23. The van der Waals surface area contributed by atoms with Crippen molar-refractivity contribution >= 4 is 23.7 Å². The molecule has 0 saturated carbocycles. The zero-order chi connectivity index (χ0) is 13.8. The highest BCUT2D eigenvalue weighted by atomic mass is 32.2. The van der Waals surface area contributed by atoms with Gasteiger partial charge in [-0.3, -0.25) is 14.3 Å². The van der Waals surface area contributed by atoms with Gasteiger partial charge in [0.15, 0.2) is 5.16 Å². The molecule has 1 aromatic rings. The number of hydrogen-bond donors (Lipinski definition) is 2. The predicted molar refractivity (Wildman–Crippen MR) is 73.1 cm³/mol. The Morgan fingerprint density at radius 1 is 1.47 bits per heavy atom. The minimum Gasteiger partial charge on any atom is -0.481 e. The molecule has 2 rings (SSSR count). The number of likely N-dealkylation sites (tertiary alicyclic amines) is 1. The van der Waals surface area contributed by atoms with Crippen LogP contribution in [0.1, 0.15) is 19.8 Å². The smallest absolute Gasteiger partial charge is 0.313 e. The summed E-state index contributed by atoms with van der Waals surface area (Å²) in [6.45, 7) is 5.07. The molecule has 7 nitrogen and oxygen atoms in total. The molecular formula is C11H19N5O2S. The Morgan fingerprint density at radius 2 is 2.16 bits per heavy atom. The first kappa shape index (κ1) is 14.1. The fourth-order valence-corrected chi connectivity index (χ4v) is 2.94. The summed E-state index contributed by atoms with van der Waals surface area (Å²) < 4.78 is 1.80.